The smallest absolute Gasteiger partial charge is 0.125 e. The van der Waals surface area contributed by atoms with Crippen LogP contribution in [0.2, 0.25) is 0 Å². The van der Waals surface area contributed by atoms with Crippen molar-refractivity contribution in [2.75, 3.05) is 0 Å². The molecule has 19 heavy (non-hydrogen) atoms. The van der Waals surface area contributed by atoms with Crippen molar-refractivity contribution in [3.05, 3.63) is 28.2 Å². The molecule has 2 N–H and O–H groups in total. The van der Waals surface area contributed by atoms with Gasteiger partial charge in [0.05, 0.1) is 0 Å². The van der Waals surface area contributed by atoms with E-state index in [4.69, 9.17) is 10.5 Å². The van der Waals surface area contributed by atoms with Crippen LogP contribution in [0.25, 0.3) is 0 Å². The average molecular weight is 326 g/mol. The van der Waals surface area contributed by atoms with Gasteiger partial charge >= 0.3 is 0 Å². The van der Waals surface area contributed by atoms with Crippen molar-refractivity contribution in [3.63, 3.8) is 0 Å². The molecule has 1 aromatic carbocycles. The monoisotopic (exact) mass is 325 g/mol. The number of benzene rings is 1. The molecule has 0 amide bonds. The van der Waals surface area contributed by atoms with E-state index in [1.807, 2.05) is 13.0 Å². The summed E-state index contributed by atoms with van der Waals surface area (Å²) in [5.41, 5.74) is 7.14. The van der Waals surface area contributed by atoms with Gasteiger partial charge in [-0.2, -0.15) is 0 Å². The van der Waals surface area contributed by atoms with E-state index in [1.165, 1.54) is 32.1 Å². The van der Waals surface area contributed by atoms with Gasteiger partial charge in [0.15, 0.2) is 0 Å². The summed E-state index contributed by atoms with van der Waals surface area (Å²) < 4.78 is 7.37. The Labute approximate surface area is 124 Å². The Morgan fingerprint density at radius 2 is 2.11 bits per heavy atom. The van der Waals surface area contributed by atoms with E-state index >= 15 is 0 Å². The molecule has 1 aliphatic carbocycles. The fourth-order valence-electron chi connectivity index (χ4n) is 2.95. The molecule has 0 aromatic heterocycles. The molecule has 1 fully saturated rings. The van der Waals surface area contributed by atoms with Crippen LogP contribution in [0.5, 0.6) is 5.75 Å². The second kappa shape index (κ2) is 6.76. The Balaban J connectivity index is 2.19. The molecule has 1 aliphatic rings. The standard InChI is InChI=1S/C16H24BrNO/c1-3-12-6-4-5-7-15(12)19-16-10-13(17)8-9-14(16)11(2)18/h8-12,15H,3-7,18H2,1-2H3/t11-,12?,15?/m0/s1. The highest BCUT2D eigenvalue weighted by molar-refractivity contribution is 9.10. The van der Waals surface area contributed by atoms with Crippen LogP contribution in [0.15, 0.2) is 22.7 Å². The highest BCUT2D eigenvalue weighted by Crippen LogP contribution is 2.34. The summed E-state index contributed by atoms with van der Waals surface area (Å²) in [6, 6.07) is 6.16. The lowest BCUT2D eigenvalue weighted by molar-refractivity contribution is 0.0890. The maximum absolute atomic E-state index is 6.32. The highest BCUT2D eigenvalue weighted by Gasteiger charge is 2.26. The lowest BCUT2D eigenvalue weighted by Gasteiger charge is -2.32. The van der Waals surface area contributed by atoms with Gasteiger partial charge in [-0.3, -0.25) is 0 Å². The summed E-state index contributed by atoms with van der Waals surface area (Å²) >= 11 is 3.52. The van der Waals surface area contributed by atoms with Crippen molar-refractivity contribution in [2.45, 2.75) is 58.1 Å². The zero-order valence-electron chi connectivity index (χ0n) is 11.9. The van der Waals surface area contributed by atoms with Crippen LogP contribution in [0.3, 0.4) is 0 Å². The minimum atomic E-state index is 0.00627. The molecule has 3 atom stereocenters. The Morgan fingerprint density at radius 1 is 1.37 bits per heavy atom. The summed E-state index contributed by atoms with van der Waals surface area (Å²) in [5, 5.41) is 0. The Morgan fingerprint density at radius 3 is 2.79 bits per heavy atom. The summed E-state index contributed by atoms with van der Waals surface area (Å²) in [7, 11) is 0. The van der Waals surface area contributed by atoms with E-state index in [1.54, 1.807) is 0 Å². The quantitative estimate of drug-likeness (QED) is 0.861. The van der Waals surface area contributed by atoms with E-state index in [9.17, 15) is 0 Å². The number of ether oxygens (including phenoxy) is 1. The van der Waals surface area contributed by atoms with Crippen LogP contribution in [-0.2, 0) is 0 Å². The Hall–Kier alpha value is -0.540. The van der Waals surface area contributed by atoms with E-state index in [0.717, 1.165) is 15.8 Å². The van der Waals surface area contributed by atoms with Gasteiger partial charge in [0.25, 0.3) is 0 Å². The second-order valence-electron chi connectivity index (χ2n) is 5.58. The molecule has 1 aromatic rings. The molecule has 0 bridgehead atoms. The molecule has 0 heterocycles. The molecule has 106 valence electrons. The predicted octanol–water partition coefficient (Wildman–Crippen LogP) is 4.82. The largest absolute Gasteiger partial charge is 0.490 e. The van der Waals surface area contributed by atoms with Crippen LogP contribution < -0.4 is 10.5 Å². The Bertz CT molecular complexity index is 419. The van der Waals surface area contributed by atoms with Crippen molar-refractivity contribution in [3.8, 4) is 5.75 Å². The first kappa shape index (κ1) is 14.9. The van der Waals surface area contributed by atoms with Crippen molar-refractivity contribution in [1.29, 1.82) is 0 Å². The van der Waals surface area contributed by atoms with Gasteiger partial charge in [-0.1, -0.05) is 35.3 Å². The molecule has 2 rings (SSSR count). The average Bonchev–Trinajstić information content (AvgIpc) is 2.39. The zero-order valence-corrected chi connectivity index (χ0v) is 13.4. The van der Waals surface area contributed by atoms with Gasteiger partial charge in [0.2, 0.25) is 0 Å². The molecule has 0 spiro atoms. The maximum Gasteiger partial charge on any atom is 0.125 e. The summed E-state index contributed by atoms with van der Waals surface area (Å²) in [6.45, 7) is 4.27. The van der Waals surface area contributed by atoms with Gasteiger partial charge in [0.1, 0.15) is 11.9 Å². The third-order valence-corrected chi connectivity index (χ3v) is 4.60. The van der Waals surface area contributed by atoms with Gasteiger partial charge in [0, 0.05) is 16.1 Å². The first-order valence-electron chi connectivity index (χ1n) is 7.33. The SMILES string of the molecule is CCC1CCCCC1Oc1cc(Br)ccc1[C@H](C)N. The molecule has 2 unspecified atom stereocenters. The molecule has 0 saturated heterocycles. The lowest BCUT2D eigenvalue weighted by atomic mass is 9.84. The number of rotatable bonds is 4. The van der Waals surface area contributed by atoms with Crippen LogP contribution in [0, 0.1) is 5.92 Å². The van der Waals surface area contributed by atoms with Gasteiger partial charge in [-0.15, -0.1) is 0 Å². The maximum atomic E-state index is 6.32. The van der Waals surface area contributed by atoms with Crippen LogP contribution in [0.4, 0.5) is 0 Å². The van der Waals surface area contributed by atoms with E-state index < -0.39 is 0 Å². The van der Waals surface area contributed by atoms with Crippen LogP contribution in [-0.4, -0.2) is 6.10 Å². The molecular weight excluding hydrogens is 302 g/mol. The molecule has 2 nitrogen and oxygen atoms in total. The summed E-state index contributed by atoms with van der Waals surface area (Å²) in [4.78, 5) is 0. The first-order valence-corrected chi connectivity index (χ1v) is 8.12. The number of hydrogen-bond donors (Lipinski definition) is 1. The molecular formula is C16H24BrNO. The Kier molecular flexibility index (Phi) is 5.28. The van der Waals surface area contributed by atoms with Crippen molar-refractivity contribution in [2.24, 2.45) is 11.7 Å². The summed E-state index contributed by atoms with van der Waals surface area (Å²) in [5.74, 6) is 1.64. The number of halogens is 1. The van der Waals surface area contributed by atoms with Crippen LogP contribution in [0.1, 0.15) is 57.6 Å². The second-order valence-corrected chi connectivity index (χ2v) is 6.50. The van der Waals surface area contributed by atoms with Gasteiger partial charge in [-0.05, 0) is 50.7 Å². The van der Waals surface area contributed by atoms with Crippen LogP contribution >= 0.6 is 15.9 Å². The van der Waals surface area contributed by atoms with Gasteiger partial charge in [-0.25, -0.2) is 0 Å². The molecule has 0 aliphatic heterocycles. The zero-order chi connectivity index (χ0) is 13.8. The molecule has 3 heteroatoms. The van der Waals surface area contributed by atoms with Crippen molar-refractivity contribution < 1.29 is 4.74 Å². The number of nitrogens with two attached hydrogens (primary N) is 1. The van der Waals surface area contributed by atoms with E-state index in [0.29, 0.717) is 12.0 Å². The lowest BCUT2D eigenvalue weighted by Crippen LogP contribution is -2.30. The third-order valence-electron chi connectivity index (χ3n) is 4.11. The minimum absolute atomic E-state index is 0.00627. The van der Waals surface area contributed by atoms with Crippen molar-refractivity contribution in [1.82, 2.24) is 0 Å². The van der Waals surface area contributed by atoms with E-state index in [2.05, 4.69) is 35.0 Å². The van der Waals surface area contributed by atoms with E-state index in [-0.39, 0.29) is 6.04 Å². The number of hydrogen-bond acceptors (Lipinski definition) is 2. The van der Waals surface area contributed by atoms with Crippen molar-refractivity contribution >= 4 is 15.9 Å². The molecule has 1 saturated carbocycles. The summed E-state index contributed by atoms with van der Waals surface area (Å²) in [6.07, 6.45) is 6.64. The first-order chi connectivity index (χ1) is 9.11. The van der Waals surface area contributed by atoms with Gasteiger partial charge < -0.3 is 10.5 Å². The fraction of sp³-hybridized carbons (Fsp3) is 0.625. The predicted molar refractivity (Wildman–Crippen MR) is 83.4 cm³/mol. The normalized spacial score (nSPS) is 25.1. The third kappa shape index (κ3) is 3.73. The topological polar surface area (TPSA) is 35.2 Å². The fourth-order valence-corrected chi connectivity index (χ4v) is 3.29. The minimum Gasteiger partial charge on any atom is -0.490 e. The highest BCUT2D eigenvalue weighted by atomic mass is 79.9. The molecule has 0 radical (unpaired) electrons.